The number of benzene rings is 3. The van der Waals surface area contributed by atoms with Crippen LogP contribution in [-0.4, -0.2) is 60.5 Å². The molecule has 1 N–H and O–H groups in total. The van der Waals surface area contributed by atoms with E-state index in [0.717, 1.165) is 5.56 Å². The molecule has 1 heterocycles. The number of thioether (sulfide) groups is 1. The van der Waals surface area contributed by atoms with Gasteiger partial charge in [0, 0.05) is 23.7 Å². The summed E-state index contributed by atoms with van der Waals surface area (Å²) >= 11 is 7.38. The van der Waals surface area contributed by atoms with E-state index in [-0.39, 0.29) is 24.8 Å². The van der Waals surface area contributed by atoms with Crippen LogP contribution in [0.4, 0.5) is 11.4 Å². The average Bonchev–Trinajstić information content (AvgIpc) is 2.97. The molecule has 0 spiro atoms. The molecule has 1 atom stereocenters. The molecule has 1 aliphatic rings. The second kappa shape index (κ2) is 14.0. The highest BCUT2D eigenvalue weighted by Gasteiger charge is 2.36. The number of amidine groups is 1. The third kappa shape index (κ3) is 7.80. The van der Waals surface area contributed by atoms with E-state index in [1.165, 1.54) is 11.8 Å². The van der Waals surface area contributed by atoms with Gasteiger partial charge in [0.25, 0.3) is 0 Å². The Labute approximate surface area is 247 Å². The molecule has 41 heavy (non-hydrogen) atoms. The van der Waals surface area contributed by atoms with E-state index in [2.05, 4.69) is 5.32 Å². The number of rotatable bonds is 10. The predicted molar refractivity (Wildman–Crippen MR) is 161 cm³/mol. The zero-order valence-corrected chi connectivity index (χ0v) is 24.5. The molecule has 1 aliphatic heterocycles. The number of anilines is 1. The smallest absolute Gasteiger partial charge is 0.338 e. The van der Waals surface area contributed by atoms with Gasteiger partial charge in [0.2, 0.25) is 11.8 Å². The largest absolute Gasteiger partial charge is 0.493 e. The van der Waals surface area contributed by atoms with Crippen molar-refractivity contribution in [1.82, 2.24) is 4.90 Å². The first-order chi connectivity index (χ1) is 19.8. The third-order valence-electron chi connectivity index (χ3n) is 6.20. The summed E-state index contributed by atoms with van der Waals surface area (Å²) in [6.45, 7) is 2.36. The highest BCUT2D eigenvalue weighted by molar-refractivity contribution is 8.15. The molecule has 11 heteroatoms. The maximum atomic E-state index is 13.4. The number of ether oxygens (including phenoxy) is 3. The number of halogens is 1. The molecule has 0 saturated carbocycles. The monoisotopic (exact) mass is 595 g/mol. The van der Waals surface area contributed by atoms with Crippen LogP contribution >= 0.6 is 23.4 Å². The Kier molecular flexibility index (Phi) is 10.3. The number of methoxy groups -OCH3 is 2. The van der Waals surface area contributed by atoms with E-state index in [9.17, 15) is 14.4 Å². The zero-order valence-electron chi connectivity index (χ0n) is 22.9. The van der Waals surface area contributed by atoms with Gasteiger partial charge in [-0.1, -0.05) is 35.5 Å². The lowest BCUT2D eigenvalue weighted by Crippen LogP contribution is -2.46. The van der Waals surface area contributed by atoms with Gasteiger partial charge < -0.3 is 19.5 Å². The minimum absolute atomic E-state index is 0.00207. The molecule has 9 nitrogen and oxygen atoms in total. The van der Waals surface area contributed by atoms with E-state index in [0.29, 0.717) is 51.6 Å². The first kappa shape index (κ1) is 30.0. The van der Waals surface area contributed by atoms with Crippen molar-refractivity contribution in [1.29, 1.82) is 0 Å². The zero-order chi connectivity index (χ0) is 29.4. The van der Waals surface area contributed by atoms with E-state index in [4.69, 9.17) is 30.8 Å². The Morgan fingerprint density at radius 2 is 1.80 bits per heavy atom. The molecule has 214 valence electrons. The van der Waals surface area contributed by atoms with Crippen LogP contribution in [0.3, 0.4) is 0 Å². The van der Waals surface area contributed by atoms with Gasteiger partial charge in [-0.2, -0.15) is 0 Å². The van der Waals surface area contributed by atoms with Crippen LogP contribution in [-0.2, 0) is 20.7 Å². The fourth-order valence-corrected chi connectivity index (χ4v) is 5.43. The molecule has 3 aromatic carbocycles. The summed E-state index contributed by atoms with van der Waals surface area (Å²) in [4.78, 5) is 44.8. The summed E-state index contributed by atoms with van der Waals surface area (Å²) in [5, 5.41) is 3.04. The molecule has 3 aromatic rings. The molecule has 2 amide bonds. The lowest BCUT2D eigenvalue weighted by molar-refractivity contribution is -0.129. The van der Waals surface area contributed by atoms with Crippen molar-refractivity contribution in [3.63, 3.8) is 0 Å². The van der Waals surface area contributed by atoms with Crippen LogP contribution < -0.4 is 14.8 Å². The summed E-state index contributed by atoms with van der Waals surface area (Å²) in [6, 6.07) is 19.0. The SMILES string of the molecule is CCOC(=O)c1ccc(NC(=O)C2CC(=O)N(CCc3ccc(OC)c(OC)c3)C(=Nc3cccc(Cl)c3)S2)cc1. The maximum Gasteiger partial charge on any atom is 0.338 e. The van der Waals surface area contributed by atoms with Crippen LogP contribution in [0.15, 0.2) is 71.7 Å². The molecule has 0 aliphatic carbocycles. The van der Waals surface area contributed by atoms with Gasteiger partial charge in [-0.15, -0.1) is 0 Å². The molecule has 0 aromatic heterocycles. The van der Waals surface area contributed by atoms with E-state index in [1.807, 2.05) is 18.2 Å². The summed E-state index contributed by atoms with van der Waals surface area (Å²) < 4.78 is 15.7. The Balaban J connectivity index is 1.52. The van der Waals surface area contributed by atoms with Gasteiger partial charge in [-0.3, -0.25) is 14.5 Å². The fourth-order valence-electron chi connectivity index (χ4n) is 4.12. The Bertz CT molecular complexity index is 1450. The van der Waals surface area contributed by atoms with Crippen LogP contribution in [0.2, 0.25) is 5.02 Å². The van der Waals surface area contributed by atoms with Crippen molar-refractivity contribution in [2.45, 2.75) is 25.0 Å². The molecular formula is C30H30ClN3O6S. The Morgan fingerprint density at radius 3 is 2.49 bits per heavy atom. The predicted octanol–water partition coefficient (Wildman–Crippen LogP) is 5.74. The first-order valence-electron chi connectivity index (χ1n) is 12.9. The highest BCUT2D eigenvalue weighted by Crippen LogP contribution is 2.32. The average molecular weight is 596 g/mol. The summed E-state index contributed by atoms with van der Waals surface area (Å²) in [5.74, 6) is 0.222. The standard InChI is InChI=1S/C30H30ClN3O6S/c1-4-40-29(37)20-9-11-22(12-10-20)32-28(36)26-18-27(35)34(30(41-26)33-23-7-5-6-21(31)17-23)15-14-19-8-13-24(38-2)25(16-19)39-3/h5-13,16-17,26H,4,14-15,18H2,1-3H3,(H,32,36). The number of amides is 2. The number of aliphatic imine (C=N–C) groups is 1. The number of carbonyl (C=O) groups is 3. The highest BCUT2D eigenvalue weighted by atomic mass is 35.5. The van der Waals surface area contributed by atoms with Crippen molar-refractivity contribution in [3.05, 3.63) is 82.9 Å². The topological polar surface area (TPSA) is 107 Å². The first-order valence-corrected chi connectivity index (χ1v) is 14.2. The van der Waals surface area contributed by atoms with Gasteiger partial charge in [0.1, 0.15) is 5.25 Å². The van der Waals surface area contributed by atoms with E-state index >= 15 is 0 Å². The minimum atomic E-state index is -0.706. The molecule has 4 rings (SSSR count). The van der Waals surface area contributed by atoms with E-state index < -0.39 is 11.2 Å². The summed E-state index contributed by atoms with van der Waals surface area (Å²) in [7, 11) is 3.15. The van der Waals surface area contributed by atoms with Crippen molar-refractivity contribution >= 4 is 57.7 Å². The number of carbonyl (C=O) groups excluding carboxylic acids is 3. The number of esters is 1. The number of hydrogen-bond donors (Lipinski definition) is 1. The maximum absolute atomic E-state index is 13.4. The van der Waals surface area contributed by atoms with Crippen molar-refractivity contribution in [2.75, 3.05) is 32.7 Å². The molecule has 1 fully saturated rings. The van der Waals surface area contributed by atoms with Crippen LogP contribution in [0, 0.1) is 0 Å². The van der Waals surface area contributed by atoms with Gasteiger partial charge in [0.05, 0.1) is 32.1 Å². The number of nitrogens with one attached hydrogen (secondary N) is 1. The molecule has 0 radical (unpaired) electrons. The minimum Gasteiger partial charge on any atom is -0.493 e. The number of nitrogens with zero attached hydrogens (tertiary/aromatic N) is 2. The quantitative estimate of drug-likeness (QED) is 0.298. The van der Waals surface area contributed by atoms with Crippen LogP contribution in [0.25, 0.3) is 0 Å². The Hall–Kier alpha value is -4.02. The van der Waals surface area contributed by atoms with Crippen molar-refractivity contribution < 1.29 is 28.6 Å². The van der Waals surface area contributed by atoms with Crippen molar-refractivity contribution in [3.8, 4) is 11.5 Å². The normalized spacial score (nSPS) is 15.9. The lowest BCUT2D eigenvalue weighted by atomic mass is 10.1. The van der Waals surface area contributed by atoms with Crippen molar-refractivity contribution in [2.24, 2.45) is 4.99 Å². The third-order valence-corrected chi connectivity index (χ3v) is 7.62. The lowest BCUT2D eigenvalue weighted by Gasteiger charge is -2.32. The molecule has 1 saturated heterocycles. The number of hydrogen-bond acceptors (Lipinski definition) is 8. The molecule has 1 unspecified atom stereocenters. The molecule has 0 bridgehead atoms. The second-order valence-corrected chi connectivity index (χ2v) is 10.6. The van der Waals surface area contributed by atoms with Gasteiger partial charge in [-0.05, 0) is 73.5 Å². The van der Waals surface area contributed by atoms with Crippen LogP contribution in [0.1, 0.15) is 29.3 Å². The van der Waals surface area contributed by atoms with Gasteiger partial charge in [0.15, 0.2) is 16.7 Å². The van der Waals surface area contributed by atoms with Crippen LogP contribution in [0.5, 0.6) is 11.5 Å². The summed E-state index contributed by atoms with van der Waals surface area (Å²) in [5.41, 5.74) is 2.40. The van der Waals surface area contributed by atoms with Gasteiger partial charge >= 0.3 is 5.97 Å². The molecular weight excluding hydrogens is 566 g/mol. The van der Waals surface area contributed by atoms with Gasteiger partial charge in [-0.25, -0.2) is 9.79 Å². The Morgan fingerprint density at radius 1 is 1.05 bits per heavy atom. The fraction of sp³-hybridized carbons (Fsp3) is 0.267. The second-order valence-electron chi connectivity index (χ2n) is 8.96. The van der Waals surface area contributed by atoms with E-state index in [1.54, 1.807) is 74.6 Å². The summed E-state index contributed by atoms with van der Waals surface area (Å²) in [6.07, 6.45) is 0.531.